The van der Waals surface area contributed by atoms with Crippen LogP contribution in [-0.4, -0.2) is 22.7 Å². The molecular weight excluding hydrogens is 767 g/mol. The summed E-state index contributed by atoms with van der Waals surface area (Å²) in [5, 5.41) is 3.59. The Bertz CT molecular complexity index is 2890. The third kappa shape index (κ3) is 9.64. The zero-order valence-electron chi connectivity index (χ0n) is 35.8. The smallest absolute Gasteiger partial charge is 0.157 e. The van der Waals surface area contributed by atoms with Gasteiger partial charge in [-0.1, -0.05) is 153 Å². The fourth-order valence-electron chi connectivity index (χ4n) is 8.31. The van der Waals surface area contributed by atoms with E-state index in [4.69, 9.17) is 15.7 Å². The molecule has 0 bridgehead atoms. The fourth-order valence-corrected chi connectivity index (χ4v) is 8.31. The number of hydrogen-bond acceptors (Lipinski definition) is 3. The second-order valence-corrected chi connectivity index (χ2v) is 16.2. The van der Waals surface area contributed by atoms with Crippen LogP contribution in [0.25, 0.3) is 55.9 Å². The zero-order valence-corrected chi connectivity index (χ0v) is 35.8. The average molecular weight is 818 g/mol. The fraction of sp³-hybridized carbons (Fsp3) is 0.121. The van der Waals surface area contributed by atoms with Crippen molar-refractivity contribution in [1.82, 2.24) is 10.3 Å². The molecule has 1 aliphatic heterocycles. The number of amidine groups is 2. The van der Waals surface area contributed by atoms with Gasteiger partial charge >= 0.3 is 0 Å². The molecular formula is C58H51N5. The first-order valence-corrected chi connectivity index (χ1v) is 21.9. The minimum Gasteiger partial charge on any atom is -0.383 e. The highest BCUT2D eigenvalue weighted by atomic mass is 15.0. The first-order chi connectivity index (χ1) is 31.0. The van der Waals surface area contributed by atoms with Crippen molar-refractivity contribution in [3.63, 3.8) is 0 Å². The lowest BCUT2D eigenvalue weighted by Gasteiger charge is -2.19. The number of aromatic nitrogens is 1. The number of nitrogens with zero attached hydrogens (tertiary/aromatic N) is 3. The summed E-state index contributed by atoms with van der Waals surface area (Å²) < 4.78 is 0. The molecule has 1 aromatic heterocycles. The van der Waals surface area contributed by atoms with Crippen molar-refractivity contribution >= 4 is 22.9 Å². The van der Waals surface area contributed by atoms with Crippen molar-refractivity contribution in [3.05, 3.63) is 234 Å². The van der Waals surface area contributed by atoms with Gasteiger partial charge in [0.15, 0.2) is 5.84 Å². The highest BCUT2D eigenvalue weighted by Crippen LogP contribution is 2.34. The molecule has 2 unspecified atom stereocenters. The van der Waals surface area contributed by atoms with Gasteiger partial charge in [0.1, 0.15) is 5.84 Å². The SMILES string of the molecule is CCC(/N=C(\N=C(/N)c1cc(-c2ccccc2)cc(-c2ccc(-c3ccccn3)cc2)c1)c1cc(C2=CC=CCC2)cc(-c2ccc(C3=CC=CC(C)N3)cc2)c1)c1ccccc1. The van der Waals surface area contributed by atoms with Crippen LogP contribution in [0.4, 0.5) is 0 Å². The van der Waals surface area contributed by atoms with Gasteiger partial charge in [0.05, 0.1) is 11.7 Å². The molecule has 0 radical (unpaired) electrons. The quantitative estimate of drug-likeness (QED) is 0.101. The second-order valence-electron chi connectivity index (χ2n) is 16.2. The van der Waals surface area contributed by atoms with E-state index in [1.54, 1.807) is 0 Å². The lowest BCUT2D eigenvalue weighted by atomic mass is 9.91. The van der Waals surface area contributed by atoms with E-state index in [9.17, 15) is 0 Å². The molecule has 63 heavy (non-hydrogen) atoms. The Morgan fingerprint density at radius 1 is 0.635 bits per heavy atom. The van der Waals surface area contributed by atoms with E-state index in [0.717, 1.165) is 97.4 Å². The van der Waals surface area contributed by atoms with Crippen LogP contribution >= 0.6 is 0 Å². The van der Waals surface area contributed by atoms with Crippen LogP contribution in [0, 0.1) is 0 Å². The van der Waals surface area contributed by atoms with Crippen LogP contribution < -0.4 is 11.1 Å². The molecule has 9 rings (SSSR count). The molecule has 6 aromatic carbocycles. The number of aliphatic imine (C=N–C) groups is 2. The standard InChI is InChI=1S/C58H51N5/c1-3-54(45-21-11-6-12-22-45)62-58(53-38-50(42-19-9-5-10-20-42)35-51(39-53)44-27-31-47(32-28-44)56-24-15-16-40(2)61-56)63-57(59)52-36-48(41-17-7-4-8-18-41)34-49(37-52)43-25-29-46(30-26-43)55-23-13-14-33-60-55/h4-9,11-19,21-40,54,61H,3,10,20H2,1-2H3,(H2,59,62,63). The minimum absolute atomic E-state index is 0.127. The highest BCUT2D eigenvalue weighted by molar-refractivity contribution is 6.12. The number of nitrogens with two attached hydrogens (primary N) is 1. The van der Waals surface area contributed by atoms with Crippen molar-refractivity contribution in [2.75, 3.05) is 0 Å². The maximum atomic E-state index is 7.23. The van der Waals surface area contributed by atoms with Gasteiger partial charge in [0.25, 0.3) is 0 Å². The van der Waals surface area contributed by atoms with Crippen LogP contribution in [0.15, 0.2) is 216 Å². The predicted molar refractivity (Wildman–Crippen MR) is 265 cm³/mol. The summed E-state index contributed by atoms with van der Waals surface area (Å²) in [4.78, 5) is 15.4. The Labute approximate surface area is 371 Å². The Hall–Kier alpha value is -7.63. The maximum Gasteiger partial charge on any atom is 0.157 e. The third-order valence-electron chi connectivity index (χ3n) is 11.7. The molecule has 308 valence electrons. The third-order valence-corrected chi connectivity index (χ3v) is 11.7. The van der Waals surface area contributed by atoms with E-state index in [2.05, 4.69) is 194 Å². The number of nitrogens with one attached hydrogen (secondary N) is 1. The highest BCUT2D eigenvalue weighted by Gasteiger charge is 2.18. The van der Waals surface area contributed by atoms with E-state index in [0.29, 0.717) is 11.7 Å². The monoisotopic (exact) mass is 817 g/mol. The molecule has 5 heteroatoms. The van der Waals surface area contributed by atoms with Gasteiger partial charge in [-0.25, -0.2) is 4.99 Å². The van der Waals surface area contributed by atoms with Gasteiger partial charge in [0.2, 0.25) is 0 Å². The molecule has 0 saturated carbocycles. The summed E-state index contributed by atoms with van der Waals surface area (Å²) in [6.07, 6.45) is 17.6. The molecule has 2 atom stereocenters. The number of allylic oxidation sites excluding steroid dienone is 6. The molecule has 0 fully saturated rings. The first-order valence-electron chi connectivity index (χ1n) is 21.9. The largest absolute Gasteiger partial charge is 0.383 e. The molecule has 0 amide bonds. The van der Waals surface area contributed by atoms with Gasteiger partial charge in [-0.2, -0.15) is 0 Å². The van der Waals surface area contributed by atoms with Gasteiger partial charge in [-0.3, -0.25) is 9.98 Å². The average Bonchev–Trinajstić information content (AvgIpc) is 3.36. The van der Waals surface area contributed by atoms with Crippen LogP contribution in [-0.2, 0) is 0 Å². The molecule has 0 spiro atoms. The summed E-state index contributed by atoms with van der Waals surface area (Å²) in [5.74, 6) is 0.993. The summed E-state index contributed by atoms with van der Waals surface area (Å²) in [6, 6.07) is 57.7. The predicted octanol–water partition coefficient (Wildman–Crippen LogP) is 13.7. The van der Waals surface area contributed by atoms with E-state index in [1.807, 2.05) is 36.5 Å². The van der Waals surface area contributed by atoms with Crippen LogP contribution in [0.1, 0.15) is 67.0 Å². The van der Waals surface area contributed by atoms with E-state index in [-0.39, 0.29) is 12.1 Å². The molecule has 0 saturated heterocycles. The van der Waals surface area contributed by atoms with Crippen molar-refractivity contribution in [3.8, 4) is 44.6 Å². The van der Waals surface area contributed by atoms with Crippen LogP contribution in [0.5, 0.6) is 0 Å². The first kappa shape index (κ1) is 40.8. The zero-order chi connectivity index (χ0) is 43.0. The molecule has 7 aromatic rings. The van der Waals surface area contributed by atoms with Crippen LogP contribution in [0.2, 0.25) is 0 Å². The molecule has 3 N–H and O–H groups in total. The summed E-state index contributed by atoms with van der Waals surface area (Å²) in [6.45, 7) is 4.34. The summed E-state index contributed by atoms with van der Waals surface area (Å²) in [7, 11) is 0. The van der Waals surface area contributed by atoms with Crippen molar-refractivity contribution in [2.24, 2.45) is 15.7 Å². The minimum atomic E-state index is -0.127. The van der Waals surface area contributed by atoms with Gasteiger partial charge in [-0.05, 0) is 136 Å². The van der Waals surface area contributed by atoms with Gasteiger partial charge in [0, 0.05) is 34.6 Å². The van der Waals surface area contributed by atoms with Crippen LogP contribution in [0.3, 0.4) is 0 Å². The normalized spacial score (nSPS) is 15.6. The van der Waals surface area contributed by atoms with Gasteiger partial charge in [-0.15, -0.1) is 0 Å². The number of hydrogen-bond donors (Lipinski definition) is 2. The molecule has 2 heterocycles. The molecule has 5 nitrogen and oxygen atoms in total. The second kappa shape index (κ2) is 19.0. The number of dihydropyridines is 1. The Kier molecular flexibility index (Phi) is 12.3. The van der Waals surface area contributed by atoms with Gasteiger partial charge < -0.3 is 11.1 Å². The summed E-state index contributed by atoms with van der Waals surface area (Å²) >= 11 is 0. The Morgan fingerprint density at radius 2 is 1.24 bits per heavy atom. The number of benzene rings is 6. The Balaban J connectivity index is 1.18. The van der Waals surface area contributed by atoms with E-state index >= 15 is 0 Å². The summed E-state index contributed by atoms with van der Waals surface area (Å²) in [5.41, 5.74) is 23.3. The van der Waals surface area contributed by atoms with Crippen molar-refractivity contribution < 1.29 is 0 Å². The number of rotatable bonds is 11. The van der Waals surface area contributed by atoms with Crippen molar-refractivity contribution in [2.45, 2.75) is 45.2 Å². The topological polar surface area (TPSA) is 75.7 Å². The lowest BCUT2D eigenvalue weighted by Crippen LogP contribution is -2.24. The maximum absolute atomic E-state index is 7.23. The Morgan fingerprint density at radius 3 is 1.87 bits per heavy atom. The van der Waals surface area contributed by atoms with Crippen molar-refractivity contribution in [1.29, 1.82) is 0 Å². The van der Waals surface area contributed by atoms with E-state index < -0.39 is 0 Å². The molecule has 2 aliphatic rings. The number of pyridine rings is 1. The lowest BCUT2D eigenvalue weighted by molar-refractivity contribution is 0.700. The molecule has 1 aliphatic carbocycles. The van der Waals surface area contributed by atoms with E-state index in [1.165, 1.54) is 5.57 Å².